The summed E-state index contributed by atoms with van der Waals surface area (Å²) < 4.78 is 17.3. The molecule has 0 aromatic heterocycles. The van der Waals surface area contributed by atoms with Gasteiger partial charge in [-0.25, -0.2) is 0 Å². The van der Waals surface area contributed by atoms with E-state index >= 15 is 0 Å². The summed E-state index contributed by atoms with van der Waals surface area (Å²) in [5.74, 6) is 0. The number of hydrogen-bond donors (Lipinski definition) is 2. The van der Waals surface area contributed by atoms with Gasteiger partial charge in [0.2, 0.25) is 0 Å². The summed E-state index contributed by atoms with van der Waals surface area (Å²) in [4.78, 5) is 31.4. The average Bonchev–Trinajstić information content (AvgIpc) is 1.25. The van der Waals surface area contributed by atoms with Crippen LogP contribution < -0.4 is 9.79 Å². The minimum Gasteiger partial charge on any atom is -0.781 e. The Bertz CT molecular complexity index is 69.1. The molecule has 2 unspecified atom stereocenters. The van der Waals surface area contributed by atoms with Gasteiger partial charge in [0, 0.05) is 0 Å². The smallest absolute Gasteiger partial charge is 0.781 e. The maximum absolute atomic E-state index is 8.63. The molecule has 0 aliphatic carbocycles. The molecule has 0 bridgehead atoms. The van der Waals surface area contributed by atoms with Crippen LogP contribution in [0.2, 0.25) is 0 Å². The fraction of sp³-hybridized carbons (Fsp3) is 0. The first kappa shape index (κ1) is 16.5. The third-order valence-electron chi connectivity index (χ3n) is 0. The van der Waals surface area contributed by atoms with E-state index in [0.29, 0.717) is 0 Å². The summed E-state index contributed by atoms with van der Waals surface area (Å²) in [5.41, 5.74) is 0. The molecule has 0 saturated carbocycles. The van der Waals surface area contributed by atoms with Gasteiger partial charge in [-0.2, -0.15) is 0 Å². The van der Waals surface area contributed by atoms with E-state index in [1.54, 1.807) is 0 Å². The van der Waals surface area contributed by atoms with Crippen LogP contribution in [0.5, 0.6) is 0 Å². The van der Waals surface area contributed by atoms with Crippen molar-refractivity contribution >= 4 is 16.5 Å². The van der Waals surface area contributed by atoms with E-state index in [1.807, 2.05) is 0 Å². The Morgan fingerprint density at radius 3 is 1.00 bits per heavy atom. The van der Waals surface area contributed by atoms with Gasteiger partial charge in [-0.3, -0.25) is 0 Å². The van der Waals surface area contributed by atoms with E-state index in [4.69, 9.17) is 28.7 Å². The van der Waals surface area contributed by atoms with Crippen molar-refractivity contribution < 1.29 is 48.2 Å². The molecule has 9 heteroatoms. The van der Waals surface area contributed by atoms with E-state index < -0.39 is 16.5 Å². The summed E-state index contributed by atoms with van der Waals surface area (Å²) in [6, 6.07) is 0. The maximum Gasteiger partial charge on any atom is 2.00 e. The molecule has 0 aromatic carbocycles. The molecule has 2 N–H and O–H groups in total. The van der Waals surface area contributed by atoms with Crippen LogP contribution in [0.1, 0.15) is 0 Å². The molecular formula is H4O6P2Zn. The Balaban J connectivity index is -0.0000000720. The van der Waals surface area contributed by atoms with Crippen molar-refractivity contribution in [2.24, 2.45) is 0 Å². The van der Waals surface area contributed by atoms with Gasteiger partial charge >= 0.3 is 19.5 Å². The van der Waals surface area contributed by atoms with Crippen LogP contribution in [-0.2, 0) is 28.6 Å². The quantitative estimate of drug-likeness (QED) is 0.347. The van der Waals surface area contributed by atoms with Crippen molar-refractivity contribution in [1.29, 1.82) is 0 Å². The molecule has 0 aliphatic heterocycles. The fourth-order valence-corrected chi connectivity index (χ4v) is 0. The third kappa shape index (κ3) is 502. The first-order valence-corrected chi connectivity index (χ1v) is 3.79. The maximum atomic E-state index is 8.63. The third-order valence-corrected chi connectivity index (χ3v) is 0. The summed E-state index contributed by atoms with van der Waals surface area (Å²) in [6.07, 6.45) is 0. The van der Waals surface area contributed by atoms with Gasteiger partial charge in [0.15, 0.2) is 0 Å². The predicted molar refractivity (Wildman–Crippen MR) is 22.4 cm³/mol. The van der Waals surface area contributed by atoms with Gasteiger partial charge < -0.3 is 28.7 Å². The molecule has 0 aromatic rings. The van der Waals surface area contributed by atoms with Crippen LogP contribution in [0, 0.1) is 0 Å². The summed E-state index contributed by atoms with van der Waals surface area (Å²) in [5, 5.41) is 0. The predicted octanol–water partition coefficient (Wildman–Crippen LogP) is -2.55. The Morgan fingerprint density at radius 1 is 1.00 bits per heavy atom. The fourth-order valence-electron chi connectivity index (χ4n) is 0. The minimum atomic E-state index is -3.38. The Morgan fingerprint density at radius 2 is 1.00 bits per heavy atom. The van der Waals surface area contributed by atoms with Crippen LogP contribution >= 0.6 is 16.5 Å². The second-order valence-electron chi connectivity index (χ2n) is 0.532. The second-order valence-corrected chi connectivity index (χ2v) is 1.60. The van der Waals surface area contributed by atoms with Gasteiger partial charge in [0.05, 0.1) is 0 Å². The van der Waals surface area contributed by atoms with E-state index in [9.17, 15) is 0 Å². The molecule has 0 aliphatic rings. The molecular weight excluding hydrogens is 223 g/mol. The topological polar surface area (TPSA) is 121 Å². The zero-order valence-electron chi connectivity index (χ0n) is 4.23. The second kappa shape index (κ2) is 11.7. The monoisotopic (exact) mass is 226 g/mol. The van der Waals surface area contributed by atoms with Gasteiger partial charge in [-0.1, -0.05) is 0 Å². The summed E-state index contributed by atoms with van der Waals surface area (Å²) >= 11 is 0. The van der Waals surface area contributed by atoms with Crippen molar-refractivity contribution in [3.05, 3.63) is 0 Å². The van der Waals surface area contributed by atoms with Gasteiger partial charge in [0.1, 0.15) is 16.5 Å². The molecule has 0 radical (unpaired) electrons. The molecule has 0 spiro atoms. The molecule has 0 heterocycles. The van der Waals surface area contributed by atoms with Crippen molar-refractivity contribution in [3.8, 4) is 0 Å². The molecule has 0 rings (SSSR count). The summed E-state index contributed by atoms with van der Waals surface area (Å²) in [6.45, 7) is 0. The zero-order valence-corrected chi connectivity index (χ0v) is 9.20. The Hall–Kier alpha value is 0.923. The van der Waals surface area contributed by atoms with Crippen LogP contribution in [0.3, 0.4) is 0 Å². The molecule has 0 fully saturated rings. The van der Waals surface area contributed by atoms with Crippen molar-refractivity contribution in [2.45, 2.75) is 0 Å². The SMILES string of the molecule is O=[PH]([O-])O.O=[PH]([O-])O.[Zn+2]. The normalized spacial score (nSPS) is 13.8. The first-order chi connectivity index (χ1) is 3.46. The van der Waals surface area contributed by atoms with Crippen molar-refractivity contribution in [3.63, 3.8) is 0 Å². The molecule has 2 atom stereocenters. The van der Waals surface area contributed by atoms with Gasteiger partial charge in [-0.05, 0) is 0 Å². The molecule has 52 valence electrons. The average molecular weight is 227 g/mol. The van der Waals surface area contributed by atoms with Crippen molar-refractivity contribution in [2.75, 3.05) is 0 Å². The molecule has 0 amide bonds. The molecule has 0 saturated heterocycles. The van der Waals surface area contributed by atoms with Gasteiger partial charge in [0.25, 0.3) is 0 Å². The van der Waals surface area contributed by atoms with Crippen LogP contribution in [0.25, 0.3) is 0 Å². The molecule has 6 nitrogen and oxygen atoms in total. The van der Waals surface area contributed by atoms with E-state index in [0.717, 1.165) is 0 Å². The minimum absolute atomic E-state index is 0. The van der Waals surface area contributed by atoms with Gasteiger partial charge in [-0.15, -0.1) is 0 Å². The Labute approximate surface area is 65.2 Å². The van der Waals surface area contributed by atoms with Crippen LogP contribution in [-0.4, -0.2) is 9.79 Å². The van der Waals surface area contributed by atoms with E-state index in [2.05, 4.69) is 0 Å². The zero-order chi connectivity index (χ0) is 7.15. The van der Waals surface area contributed by atoms with E-state index in [-0.39, 0.29) is 19.5 Å². The largest absolute Gasteiger partial charge is 2.00 e. The molecule has 9 heavy (non-hydrogen) atoms. The number of hydrogen-bond acceptors (Lipinski definition) is 4. The number of rotatable bonds is 0. The van der Waals surface area contributed by atoms with E-state index in [1.165, 1.54) is 0 Å². The Kier molecular flexibility index (Phi) is 21.4. The van der Waals surface area contributed by atoms with Crippen LogP contribution in [0.15, 0.2) is 0 Å². The summed E-state index contributed by atoms with van der Waals surface area (Å²) in [7, 11) is -6.76. The standard InChI is InChI=1S/2H3O3P.Zn/c2*1-4(2)3;/h2*4H,(H2,1,2,3);/q;;+2/p-2. The van der Waals surface area contributed by atoms with Crippen LogP contribution in [0.4, 0.5) is 0 Å². The van der Waals surface area contributed by atoms with Crippen molar-refractivity contribution in [1.82, 2.24) is 0 Å². The first-order valence-electron chi connectivity index (χ1n) is 1.26.